The third-order valence-corrected chi connectivity index (χ3v) is 4.76. The van der Waals surface area contributed by atoms with E-state index in [9.17, 15) is 0 Å². The molecule has 0 radical (unpaired) electrons. The molecule has 1 aromatic carbocycles. The molecule has 0 aromatic heterocycles. The lowest BCUT2D eigenvalue weighted by atomic mass is 9.89. The van der Waals surface area contributed by atoms with Crippen LogP contribution in [0.4, 0.5) is 0 Å². The number of ether oxygens (including phenoxy) is 1. The molecule has 110 valence electrons. The standard InChI is InChI=1S/C17H26N2O/c1-13-10-19(17(2,3)12-18-13)11-14-8-9-20-16-7-5-4-6-15(14)16/h4-7,13-14,18H,8-12H2,1-3H3. The molecule has 1 N–H and O–H groups in total. The summed E-state index contributed by atoms with van der Waals surface area (Å²) in [6, 6.07) is 9.12. The summed E-state index contributed by atoms with van der Waals surface area (Å²) in [7, 11) is 0. The van der Waals surface area contributed by atoms with Crippen molar-refractivity contribution in [2.45, 2.75) is 44.7 Å². The second-order valence-electron chi connectivity index (χ2n) is 6.87. The Morgan fingerprint density at radius 1 is 1.35 bits per heavy atom. The number of piperazine rings is 1. The third-order valence-electron chi connectivity index (χ3n) is 4.76. The van der Waals surface area contributed by atoms with Crippen LogP contribution in [0, 0.1) is 0 Å². The minimum atomic E-state index is 0.236. The molecule has 0 amide bonds. The van der Waals surface area contributed by atoms with Crippen molar-refractivity contribution >= 4 is 0 Å². The van der Waals surface area contributed by atoms with Gasteiger partial charge in [-0.3, -0.25) is 4.90 Å². The summed E-state index contributed by atoms with van der Waals surface area (Å²) in [5.41, 5.74) is 1.63. The van der Waals surface area contributed by atoms with Gasteiger partial charge in [0.1, 0.15) is 5.75 Å². The van der Waals surface area contributed by atoms with Crippen LogP contribution in [-0.4, -0.2) is 42.7 Å². The van der Waals surface area contributed by atoms with Gasteiger partial charge in [-0.15, -0.1) is 0 Å². The molecule has 2 heterocycles. The number of benzene rings is 1. The van der Waals surface area contributed by atoms with E-state index in [4.69, 9.17) is 4.74 Å². The van der Waals surface area contributed by atoms with Gasteiger partial charge in [0.25, 0.3) is 0 Å². The van der Waals surface area contributed by atoms with Crippen molar-refractivity contribution in [1.29, 1.82) is 0 Å². The molecular formula is C17H26N2O. The maximum atomic E-state index is 5.79. The van der Waals surface area contributed by atoms with Crippen molar-refractivity contribution in [3.8, 4) is 5.75 Å². The highest BCUT2D eigenvalue weighted by Crippen LogP contribution is 2.35. The molecule has 3 heteroatoms. The highest BCUT2D eigenvalue weighted by atomic mass is 16.5. The molecule has 3 nitrogen and oxygen atoms in total. The van der Waals surface area contributed by atoms with Gasteiger partial charge >= 0.3 is 0 Å². The first-order valence-corrected chi connectivity index (χ1v) is 7.76. The third kappa shape index (κ3) is 2.70. The maximum Gasteiger partial charge on any atom is 0.122 e. The Bertz CT molecular complexity index is 472. The van der Waals surface area contributed by atoms with E-state index >= 15 is 0 Å². The predicted octanol–water partition coefficient (Wildman–Crippen LogP) is 2.62. The van der Waals surface area contributed by atoms with Crippen molar-refractivity contribution in [3.63, 3.8) is 0 Å². The molecule has 2 aliphatic heterocycles. The molecule has 2 aliphatic rings. The Morgan fingerprint density at radius 3 is 3.00 bits per heavy atom. The number of para-hydroxylation sites is 1. The van der Waals surface area contributed by atoms with Crippen LogP contribution >= 0.6 is 0 Å². The van der Waals surface area contributed by atoms with E-state index in [2.05, 4.69) is 55.3 Å². The fourth-order valence-corrected chi connectivity index (χ4v) is 3.37. The van der Waals surface area contributed by atoms with Crippen molar-refractivity contribution in [1.82, 2.24) is 10.2 Å². The van der Waals surface area contributed by atoms with Crippen LogP contribution in [0.2, 0.25) is 0 Å². The lowest BCUT2D eigenvalue weighted by molar-refractivity contribution is 0.0587. The molecular weight excluding hydrogens is 248 g/mol. The van der Waals surface area contributed by atoms with E-state index in [0.717, 1.165) is 38.4 Å². The largest absolute Gasteiger partial charge is 0.493 e. The van der Waals surface area contributed by atoms with Gasteiger partial charge < -0.3 is 10.1 Å². The van der Waals surface area contributed by atoms with E-state index in [0.29, 0.717) is 12.0 Å². The van der Waals surface area contributed by atoms with E-state index in [1.807, 2.05) is 0 Å². The van der Waals surface area contributed by atoms with Crippen molar-refractivity contribution in [2.75, 3.05) is 26.2 Å². The SMILES string of the molecule is CC1CN(CC2CCOc3ccccc32)C(C)(C)CN1. The Kier molecular flexibility index (Phi) is 3.74. The normalized spacial score (nSPS) is 29.6. The first-order chi connectivity index (χ1) is 9.56. The zero-order chi connectivity index (χ0) is 14.2. The Hall–Kier alpha value is -1.06. The smallest absolute Gasteiger partial charge is 0.122 e. The maximum absolute atomic E-state index is 5.79. The van der Waals surface area contributed by atoms with Crippen molar-refractivity contribution in [2.24, 2.45) is 0 Å². The molecule has 1 saturated heterocycles. The minimum absolute atomic E-state index is 0.236. The van der Waals surface area contributed by atoms with Gasteiger partial charge in [-0.2, -0.15) is 0 Å². The number of hydrogen-bond acceptors (Lipinski definition) is 3. The Labute approximate surface area is 122 Å². The number of hydrogen-bond donors (Lipinski definition) is 1. The quantitative estimate of drug-likeness (QED) is 0.897. The van der Waals surface area contributed by atoms with Gasteiger partial charge in [0.05, 0.1) is 6.61 Å². The fraction of sp³-hybridized carbons (Fsp3) is 0.647. The van der Waals surface area contributed by atoms with Crippen LogP contribution < -0.4 is 10.1 Å². The highest BCUT2D eigenvalue weighted by molar-refractivity contribution is 5.38. The molecule has 1 aromatic rings. The molecule has 0 aliphatic carbocycles. The van der Waals surface area contributed by atoms with Crippen LogP contribution in [0.3, 0.4) is 0 Å². The number of nitrogens with one attached hydrogen (secondary N) is 1. The van der Waals surface area contributed by atoms with Gasteiger partial charge in [-0.25, -0.2) is 0 Å². The van der Waals surface area contributed by atoms with E-state index < -0.39 is 0 Å². The van der Waals surface area contributed by atoms with Crippen LogP contribution in [0.5, 0.6) is 5.75 Å². The van der Waals surface area contributed by atoms with Crippen LogP contribution in [0.25, 0.3) is 0 Å². The molecule has 3 rings (SSSR count). The van der Waals surface area contributed by atoms with Crippen LogP contribution in [0.15, 0.2) is 24.3 Å². The van der Waals surface area contributed by atoms with Gasteiger partial charge in [-0.05, 0) is 38.8 Å². The Morgan fingerprint density at radius 2 is 2.15 bits per heavy atom. The highest BCUT2D eigenvalue weighted by Gasteiger charge is 2.35. The molecule has 20 heavy (non-hydrogen) atoms. The minimum Gasteiger partial charge on any atom is -0.493 e. The van der Waals surface area contributed by atoms with E-state index in [1.54, 1.807) is 0 Å². The zero-order valence-electron chi connectivity index (χ0n) is 12.9. The lowest BCUT2D eigenvalue weighted by Gasteiger charge is -2.47. The summed E-state index contributed by atoms with van der Waals surface area (Å²) >= 11 is 0. The number of fused-ring (bicyclic) bond motifs is 1. The monoisotopic (exact) mass is 274 g/mol. The fourth-order valence-electron chi connectivity index (χ4n) is 3.37. The first kappa shape index (κ1) is 13.9. The summed E-state index contributed by atoms with van der Waals surface area (Å²) in [4.78, 5) is 2.65. The predicted molar refractivity (Wildman–Crippen MR) is 82.4 cm³/mol. The van der Waals surface area contributed by atoms with Crippen LogP contribution in [0.1, 0.15) is 38.7 Å². The van der Waals surface area contributed by atoms with E-state index in [-0.39, 0.29) is 5.54 Å². The molecule has 0 saturated carbocycles. The summed E-state index contributed by atoms with van der Waals surface area (Å²) in [5.74, 6) is 1.69. The summed E-state index contributed by atoms with van der Waals surface area (Å²) < 4.78 is 5.79. The second-order valence-corrected chi connectivity index (χ2v) is 6.87. The Balaban J connectivity index is 1.78. The van der Waals surface area contributed by atoms with Gasteiger partial charge in [0.2, 0.25) is 0 Å². The van der Waals surface area contributed by atoms with Crippen molar-refractivity contribution < 1.29 is 4.74 Å². The van der Waals surface area contributed by atoms with Gasteiger partial charge in [0, 0.05) is 37.1 Å². The molecule has 0 bridgehead atoms. The molecule has 1 fully saturated rings. The molecule has 0 spiro atoms. The van der Waals surface area contributed by atoms with Gasteiger partial charge in [-0.1, -0.05) is 18.2 Å². The summed E-state index contributed by atoms with van der Waals surface area (Å²) in [5, 5.41) is 3.59. The lowest BCUT2D eigenvalue weighted by Crippen LogP contribution is -2.61. The summed E-state index contributed by atoms with van der Waals surface area (Å²) in [6.07, 6.45) is 1.13. The number of rotatable bonds is 2. The number of nitrogens with zero attached hydrogens (tertiary/aromatic N) is 1. The second kappa shape index (κ2) is 5.38. The van der Waals surface area contributed by atoms with Crippen LogP contribution in [-0.2, 0) is 0 Å². The zero-order valence-corrected chi connectivity index (χ0v) is 12.9. The van der Waals surface area contributed by atoms with E-state index in [1.165, 1.54) is 5.56 Å². The van der Waals surface area contributed by atoms with Gasteiger partial charge in [0.15, 0.2) is 0 Å². The summed E-state index contributed by atoms with van der Waals surface area (Å²) in [6.45, 7) is 11.2. The molecule has 2 unspecified atom stereocenters. The average Bonchev–Trinajstić information content (AvgIpc) is 2.44. The molecule has 2 atom stereocenters. The first-order valence-electron chi connectivity index (χ1n) is 7.76. The average molecular weight is 274 g/mol. The topological polar surface area (TPSA) is 24.5 Å². The van der Waals surface area contributed by atoms with Crippen molar-refractivity contribution in [3.05, 3.63) is 29.8 Å².